The van der Waals surface area contributed by atoms with Gasteiger partial charge in [0.15, 0.2) is 11.9 Å². The second-order valence-electron chi connectivity index (χ2n) is 34.1. The van der Waals surface area contributed by atoms with Crippen LogP contribution < -0.4 is 109 Å². The Balaban J connectivity index is 1.47. The van der Waals surface area contributed by atoms with Crippen LogP contribution in [0.2, 0.25) is 0 Å². The van der Waals surface area contributed by atoms with Crippen LogP contribution in [-0.4, -0.2) is 252 Å². The number of unbranched alkanes of at least 4 members (excludes halogenated alkanes) is 15. The zero-order chi connectivity index (χ0) is 96.4. The van der Waals surface area contributed by atoms with Crippen molar-refractivity contribution < 1.29 is 82.1 Å². The van der Waals surface area contributed by atoms with Crippen LogP contribution >= 0.6 is 0 Å². The maximum absolute atomic E-state index is 14.9. The second-order valence-corrected chi connectivity index (χ2v) is 34.1. The van der Waals surface area contributed by atoms with E-state index in [4.69, 9.17) is 34.4 Å². The zero-order valence-corrected chi connectivity index (χ0v) is 77.2. The van der Waals surface area contributed by atoms with Crippen molar-refractivity contribution >= 4 is 111 Å². The minimum absolute atomic E-state index is 0.00375. The van der Waals surface area contributed by atoms with E-state index in [0.717, 1.165) is 30.2 Å². The average Bonchev–Trinajstić information content (AvgIpc) is 1.76. The van der Waals surface area contributed by atoms with Crippen molar-refractivity contribution in [2.45, 2.75) is 308 Å². The number of aromatic nitrogens is 1. The Hall–Kier alpha value is -11.7. The summed E-state index contributed by atoms with van der Waals surface area (Å²) < 4.78 is 0. The van der Waals surface area contributed by atoms with Crippen molar-refractivity contribution in [2.24, 2.45) is 56.2 Å². The Morgan fingerprint density at radius 1 is 0.454 bits per heavy atom. The number of likely N-dealkylation sites (tertiary alicyclic amines) is 1. The number of carbonyl (C=O) groups is 15. The number of rotatable bonds is 64. The summed E-state index contributed by atoms with van der Waals surface area (Å²) in [4.78, 5) is 221. The number of aromatic amines is 1. The summed E-state index contributed by atoms with van der Waals surface area (Å²) in [5.74, 6) is -14.0. The highest BCUT2D eigenvalue weighted by Gasteiger charge is 2.42. The molecule has 0 saturated carbocycles. The molecule has 15 amide bonds. The van der Waals surface area contributed by atoms with Crippen LogP contribution in [0.5, 0.6) is 5.75 Å². The molecule has 1 saturated heterocycles. The largest absolute Gasteiger partial charge is 0.508 e. The Bertz CT molecular complexity index is 4180. The molecule has 130 heavy (non-hydrogen) atoms. The van der Waals surface area contributed by atoms with Crippen molar-refractivity contribution in [2.75, 3.05) is 52.4 Å². The number of hydrogen-bond donors (Lipinski definition) is 23. The van der Waals surface area contributed by atoms with Crippen molar-refractivity contribution in [3.05, 3.63) is 65.9 Å². The van der Waals surface area contributed by atoms with Gasteiger partial charge in [-0.2, -0.15) is 0 Å². The Labute approximate surface area is 762 Å². The van der Waals surface area contributed by atoms with Gasteiger partial charge in [-0.25, -0.2) is 0 Å². The quantitative estimate of drug-likeness (QED) is 0.0186. The summed E-state index contributed by atoms with van der Waals surface area (Å²) in [7, 11) is 0. The number of hydrogen-bond acceptors (Lipinski definition) is 21. The normalized spacial score (nSPS) is 15.2. The minimum atomic E-state index is -1.67. The van der Waals surface area contributed by atoms with E-state index in [9.17, 15) is 82.1 Å². The van der Waals surface area contributed by atoms with Gasteiger partial charge in [-0.05, 0) is 146 Å². The summed E-state index contributed by atoms with van der Waals surface area (Å²) in [5, 5.41) is 58.2. The lowest BCUT2D eigenvalue weighted by Gasteiger charge is -2.31. The van der Waals surface area contributed by atoms with E-state index >= 15 is 0 Å². The van der Waals surface area contributed by atoms with Crippen molar-refractivity contribution in [3.63, 3.8) is 0 Å². The molecule has 29 N–H and O–H groups in total. The fourth-order valence-electron chi connectivity index (χ4n) is 14.6. The lowest BCUT2D eigenvalue weighted by atomic mass is 10.0. The highest BCUT2D eigenvalue weighted by atomic mass is 16.3. The molecule has 0 spiro atoms. The molecule has 1 aromatic heterocycles. The number of benzene rings is 2. The molecule has 0 aliphatic carbocycles. The first-order valence-corrected chi connectivity index (χ1v) is 45.8. The number of nitrogens with zero attached hydrogens (tertiary/aromatic N) is 3. The fraction of sp³-hybridized carbons (Fsp3) is 0.652. The van der Waals surface area contributed by atoms with Crippen LogP contribution in [0.1, 0.15) is 228 Å². The molecule has 41 nitrogen and oxygen atoms in total. The van der Waals surface area contributed by atoms with Crippen molar-refractivity contribution in [1.82, 2.24) is 84.3 Å². The topological polar surface area (TPSA) is 665 Å². The van der Waals surface area contributed by atoms with E-state index in [0.29, 0.717) is 24.1 Å². The highest BCUT2D eigenvalue weighted by molar-refractivity contribution is 6.01. The molecular formula is C89H148N24O17. The number of aliphatic imine (C=N–C) groups is 2. The number of nitrogens with two attached hydrogens (primary N) is 6. The molecule has 4 rings (SSSR count). The van der Waals surface area contributed by atoms with Crippen LogP contribution in [0.25, 0.3) is 10.9 Å². The van der Waals surface area contributed by atoms with E-state index in [1.54, 1.807) is 33.9 Å². The number of aliphatic hydroxyl groups excluding tert-OH is 1. The summed E-state index contributed by atoms with van der Waals surface area (Å²) in [6.45, 7) is 13.1. The molecule has 3 aromatic rings. The number of para-hydroxylation sites is 1. The van der Waals surface area contributed by atoms with E-state index < -0.39 is 192 Å². The smallest absolute Gasteiger partial charge is 0.245 e. The molecule has 0 bridgehead atoms. The van der Waals surface area contributed by atoms with E-state index in [2.05, 4.69) is 96.3 Å². The average molecular weight is 1830 g/mol. The van der Waals surface area contributed by atoms with Gasteiger partial charge < -0.3 is 129 Å². The van der Waals surface area contributed by atoms with Crippen LogP contribution in [0.3, 0.4) is 0 Å². The summed E-state index contributed by atoms with van der Waals surface area (Å²) in [6, 6.07) is -4.27. The monoisotopic (exact) mass is 1830 g/mol. The van der Waals surface area contributed by atoms with Gasteiger partial charge in [0.2, 0.25) is 88.6 Å². The SMILES string of the molecule is CCCCCCCCCCCCCCCCCNCC(=O)N[C@@H](C)C(=O)N[C@@H](Cc1c[nH]c2ccccc12)C(=O)N[C@@H](Cc1ccc(O)cc1)C(=O)N[C@@H](CCCCN)C(=O)NCC(=O)N[C@@H](CCCN=C(N)N)C(=O)N[C@@H](C)C(=O)N[C@@H](CCCN=C(N)N)C(=O)N1CCC[C@H]1C(=O)N[C@H](C(=O)N[C@@H](CO)C(=O)N[C@@H](C)C(=O)N[C@H](C(=O)N[C@@H](C)C(N)=O)C(C)C)C(C)C. The molecule has 726 valence electrons. The van der Waals surface area contributed by atoms with E-state index in [1.165, 1.54) is 134 Å². The second kappa shape index (κ2) is 60.2. The summed E-state index contributed by atoms with van der Waals surface area (Å²) in [6.07, 6.45) is 20.8. The molecule has 2 aromatic carbocycles. The number of H-pyrrole nitrogens is 1. The lowest BCUT2D eigenvalue weighted by Crippen LogP contribution is -2.61. The number of guanidine groups is 2. The zero-order valence-electron chi connectivity index (χ0n) is 77.2. The molecule has 13 atom stereocenters. The minimum Gasteiger partial charge on any atom is -0.508 e. The van der Waals surface area contributed by atoms with Gasteiger partial charge in [-0.1, -0.05) is 155 Å². The third-order valence-corrected chi connectivity index (χ3v) is 22.4. The van der Waals surface area contributed by atoms with Crippen molar-refractivity contribution in [3.8, 4) is 5.75 Å². The van der Waals surface area contributed by atoms with Gasteiger partial charge in [0.1, 0.15) is 84.3 Å². The number of phenols is 1. The molecule has 41 heteroatoms. The number of primary amides is 1. The number of nitrogens with one attached hydrogen (secondary N) is 15. The van der Waals surface area contributed by atoms with Crippen LogP contribution in [0, 0.1) is 11.8 Å². The molecule has 0 unspecified atom stereocenters. The highest BCUT2D eigenvalue weighted by Crippen LogP contribution is 2.24. The molecular weight excluding hydrogens is 1680 g/mol. The first kappa shape index (κ1) is 111. The maximum Gasteiger partial charge on any atom is 0.245 e. The predicted octanol–water partition coefficient (Wildman–Crippen LogP) is -0.850. The Kier molecular flexibility index (Phi) is 51.2. The number of aromatic hydroxyl groups is 1. The summed E-state index contributed by atoms with van der Waals surface area (Å²) in [5.41, 5.74) is 35.4. The van der Waals surface area contributed by atoms with Crippen LogP contribution in [-0.2, 0) is 84.8 Å². The Morgan fingerprint density at radius 3 is 1.46 bits per heavy atom. The Morgan fingerprint density at radius 2 is 0.908 bits per heavy atom. The first-order valence-electron chi connectivity index (χ1n) is 45.8. The number of carbonyl (C=O) groups excluding carboxylic acids is 15. The molecule has 2 heterocycles. The number of fused-ring (bicyclic) bond motifs is 1. The molecule has 1 aliphatic heterocycles. The van der Waals surface area contributed by atoms with E-state index in [1.807, 2.05) is 24.3 Å². The van der Waals surface area contributed by atoms with Gasteiger partial charge in [0.25, 0.3) is 0 Å². The van der Waals surface area contributed by atoms with Crippen molar-refractivity contribution in [1.29, 1.82) is 0 Å². The third kappa shape index (κ3) is 41.3. The van der Waals surface area contributed by atoms with Gasteiger partial charge >= 0.3 is 0 Å². The number of aliphatic hydroxyl groups is 1. The van der Waals surface area contributed by atoms with Gasteiger partial charge in [0, 0.05) is 49.6 Å². The van der Waals surface area contributed by atoms with Crippen LogP contribution in [0.15, 0.2) is 64.7 Å². The molecule has 1 fully saturated rings. The fourth-order valence-corrected chi connectivity index (χ4v) is 14.6. The maximum atomic E-state index is 14.9. The van der Waals surface area contributed by atoms with Gasteiger partial charge in [-0.15, -0.1) is 0 Å². The molecule has 0 radical (unpaired) electrons. The first-order chi connectivity index (χ1) is 61.9. The van der Waals surface area contributed by atoms with Gasteiger partial charge in [0.05, 0.1) is 19.7 Å². The van der Waals surface area contributed by atoms with Gasteiger partial charge in [-0.3, -0.25) is 81.9 Å². The lowest BCUT2D eigenvalue weighted by molar-refractivity contribution is -0.143. The molecule has 1 aliphatic rings. The number of amides is 15. The predicted molar refractivity (Wildman–Crippen MR) is 494 cm³/mol. The third-order valence-electron chi connectivity index (χ3n) is 22.4. The number of phenolic OH excluding ortho intramolecular Hbond substituents is 1. The standard InChI is InChI=1S/C89H148N24O17/c1-10-11-12-13-14-15-16-17-18-19-20-21-22-23-28-43-96-50-71(116)101-56(7)76(119)108-68(48-60-49-99-63-33-25-24-32-62(60)63)82(125)109-67(47-59-38-40-61(115)41-39-59)81(124)106-64(34-26-27-42-90)79(122)100-51-72(117)105-65(35-29-44-97-88(92)93)80(123)103-57(8)77(120)107-66(36-30-45-98-89(94)95)87(130)113-46-31-37-70(113)84(127)112-74(54(4)5)86(129)110-69(52-114)83(126)104-58(9)78(121)111-73(53(2)3)85(128)102-55(6)75(91)118/h24-25,32-33,38-41,49,53-58,64-70,73-74,96,99,114-115H,10-23,26-31,34-37,42-48,50-52,90H2,1-9H3,(H2,91,118)(H,100,122)(H,101,116)(H,102,128)(H,103,123)(H,104,126)(H,105,117)(H,106,124)(H,107,120)(H,108,119)(H,109,125)(H,110,129)(H,111,121)(H,112,127)(H4,92,93,97)(H4,94,95,98)/t55-,56-,57-,58-,64-,65-,66-,67-,68-,69-,70-,73-,74-/m0/s1. The van der Waals surface area contributed by atoms with Crippen LogP contribution in [0.4, 0.5) is 0 Å². The summed E-state index contributed by atoms with van der Waals surface area (Å²) >= 11 is 0. The van der Waals surface area contributed by atoms with E-state index in [-0.39, 0.29) is 115 Å².